The number of halogens is 2. The van der Waals surface area contributed by atoms with Crippen molar-refractivity contribution >= 4 is 48.9 Å². The molecule has 0 fully saturated rings. The van der Waals surface area contributed by atoms with Crippen LogP contribution < -0.4 is 4.90 Å². The lowest BCUT2D eigenvalue weighted by Gasteiger charge is -2.29. The summed E-state index contributed by atoms with van der Waals surface area (Å²) in [7, 11) is 0. The summed E-state index contributed by atoms with van der Waals surface area (Å²) in [5.74, 6) is 0. The lowest BCUT2D eigenvalue weighted by atomic mass is 10.1. The highest BCUT2D eigenvalue weighted by molar-refractivity contribution is 9.10. The first-order valence-corrected chi connectivity index (χ1v) is 8.72. The lowest BCUT2D eigenvalue weighted by molar-refractivity contribution is 0.743. The van der Waals surface area contributed by atoms with Crippen LogP contribution in [0.5, 0.6) is 0 Å². The molecule has 4 heteroatoms. The molecule has 2 aromatic rings. The largest absolute Gasteiger partial charge is 0.367 e. The van der Waals surface area contributed by atoms with Gasteiger partial charge in [-0.3, -0.25) is 0 Å². The molecule has 3 rings (SSSR count). The Hall–Kier alpha value is -0.320. The number of nitrogens with zero attached hydrogens (tertiary/aromatic N) is 1. The lowest BCUT2D eigenvalue weighted by Crippen LogP contribution is -2.29. The minimum atomic E-state index is 0.891. The van der Waals surface area contributed by atoms with Gasteiger partial charge < -0.3 is 4.90 Å². The Kier molecular flexibility index (Phi) is 3.78. The molecule has 0 atom stereocenters. The van der Waals surface area contributed by atoms with Crippen molar-refractivity contribution in [1.29, 1.82) is 0 Å². The Balaban J connectivity index is 1.86. The van der Waals surface area contributed by atoms with Crippen molar-refractivity contribution in [1.82, 2.24) is 0 Å². The van der Waals surface area contributed by atoms with Crippen LogP contribution in [0.4, 0.5) is 5.69 Å². The number of hydrogen-bond acceptors (Lipinski definition) is 2. The highest BCUT2D eigenvalue weighted by Gasteiger charge is 2.17. The Morgan fingerprint density at radius 2 is 2.17 bits per heavy atom. The summed E-state index contributed by atoms with van der Waals surface area (Å²) in [6.45, 7) is 2.16. The molecule has 0 unspecified atom stereocenters. The van der Waals surface area contributed by atoms with E-state index in [0.29, 0.717) is 0 Å². The average molecular weight is 387 g/mol. The summed E-state index contributed by atoms with van der Waals surface area (Å²) >= 11 is 9.04. The maximum absolute atomic E-state index is 3.64. The van der Waals surface area contributed by atoms with E-state index in [1.165, 1.54) is 27.7 Å². The third-order valence-corrected chi connectivity index (χ3v) is 5.72. The molecule has 1 nitrogen and oxygen atoms in total. The first-order chi connectivity index (χ1) is 8.78. The predicted octanol–water partition coefficient (Wildman–Crippen LogP) is 4.97. The van der Waals surface area contributed by atoms with Crippen molar-refractivity contribution in [3.8, 4) is 0 Å². The smallest absolute Gasteiger partial charge is 0.0440 e. The fraction of sp³-hybridized carbons (Fsp3) is 0.286. The fourth-order valence-corrected chi connectivity index (χ4v) is 4.57. The molecule has 0 aliphatic carbocycles. The normalized spacial score (nSPS) is 14.7. The van der Waals surface area contributed by atoms with E-state index < -0.39 is 0 Å². The van der Waals surface area contributed by atoms with Crippen LogP contribution in [0.2, 0.25) is 0 Å². The average Bonchev–Trinajstić information content (AvgIpc) is 2.85. The molecule has 0 saturated heterocycles. The van der Waals surface area contributed by atoms with E-state index in [0.717, 1.165) is 18.4 Å². The van der Waals surface area contributed by atoms with Gasteiger partial charge in [0.1, 0.15) is 0 Å². The molecule has 0 amide bonds. The van der Waals surface area contributed by atoms with Gasteiger partial charge >= 0.3 is 0 Å². The third kappa shape index (κ3) is 2.38. The summed E-state index contributed by atoms with van der Waals surface area (Å²) in [5.41, 5.74) is 4.10. The second-order valence-electron chi connectivity index (χ2n) is 4.45. The van der Waals surface area contributed by atoms with Crippen LogP contribution in [-0.4, -0.2) is 6.54 Å². The summed E-state index contributed by atoms with van der Waals surface area (Å²) in [4.78, 5) is 4.01. The summed E-state index contributed by atoms with van der Waals surface area (Å²) in [6.07, 6.45) is 1.17. The van der Waals surface area contributed by atoms with Gasteiger partial charge in [-0.25, -0.2) is 0 Å². The van der Waals surface area contributed by atoms with Gasteiger partial charge in [-0.1, -0.05) is 37.9 Å². The maximum Gasteiger partial charge on any atom is 0.0440 e. The van der Waals surface area contributed by atoms with Crippen molar-refractivity contribution in [3.05, 3.63) is 50.1 Å². The zero-order valence-electron chi connectivity index (χ0n) is 9.83. The Labute approximate surface area is 128 Å². The summed E-state index contributed by atoms with van der Waals surface area (Å²) < 4.78 is 1.19. The highest BCUT2D eigenvalue weighted by atomic mass is 79.9. The van der Waals surface area contributed by atoms with Crippen LogP contribution in [0, 0.1) is 0 Å². The van der Waals surface area contributed by atoms with Crippen LogP contribution in [0.15, 0.2) is 34.1 Å². The van der Waals surface area contributed by atoms with Crippen molar-refractivity contribution in [2.24, 2.45) is 0 Å². The second kappa shape index (κ2) is 5.35. The molecule has 0 bridgehead atoms. The third-order valence-electron chi connectivity index (χ3n) is 3.35. The number of alkyl halides is 1. The second-order valence-corrected chi connectivity index (χ2v) is 6.87. The van der Waals surface area contributed by atoms with Crippen molar-refractivity contribution < 1.29 is 0 Å². The molecule has 1 aliphatic rings. The number of fused-ring (bicyclic) bond motifs is 1. The fourth-order valence-electron chi connectivity index (χ4n) is 2.31. The minimum absolute atomic E-state index is 0.891. The molecule has 18 heavy (non-hydrogen) atoms. The van der Waals surface area contributed by atoms with Gasteiger partial charge in [0.25, 0.3) is 0 Å². The number of rotatable bonds is 2. The molecule has 0 N–H and O–H groups in total. The Bertz CT molecular complexity index is 565. The molecular formula is C14H13Br2NS. The Morgan fingerprint density at radius 3 is 2.94 bits per heavy atom. The molecule has 0 saturated carbocycles. The molecule has 1 aliphatic heterocycles. The van der Waals surface area contributed by atoms with E-state index in [9.17, 15) is 0 Å². The van der Waals surface area contributed by atoms with Crippen molar-refractivity contribution in [2.45, 2.75) is 18.3 Å². The Morgan fingerprint density at radius 1 is 1.28 bits per heavy atom. The molecule has 0 radical (unpaired) electrons. The molecule has 1 aromatic heterocycles. The summed E-state index contributed by atoms with van der Waals surface area (Å²) in [5, 5.41) is 3.10. The van der Waals surface area contributed by atoms with Crippen LogP contribution >= 0.6 is 43.2 Å². The summed E-state index contributed by atoms with van der Waals surface area (Å²) in [6, 6.07) is 8.90. The molecular weight excluding hydrogens is 374 g/mol. The number of anilines is 1. The van der Waals surface area contributed by atoms with Crippen LogP contribution in [0.25, 0.3) is 0 Å². The first-order valence-electron chi connectivity index (χ1n) is 5.92. The minimum Gasteiger partial charge on any atom is -0.367 e. The van der Waals surface area contributed by atoms with E-state index in [1.807, 2.05) is 11.3 Å². The van der Waals surface area contributed by atoms with Gasteiger partial charge in [0.05, 0.1) is 0 Å². The maximum atomic E-state index is 3.64. The predicted molar refractivity (Wildman–Crippen MR) is 85.8 cm³/mol. The van der Waals surface area contributed by atoms with E-state index in [-0.39, 0.29) is 0 Å². The van der Waals surface area contributed by atoms with Crippen molar-refractivity contribution in [2.75, 3.05) is 11.4 Å². The number of benzene rings is 1. The monoisotopic (exact) mass is 385 g/mol. The van der Waals surface area contributed by atoms with Crippen LogP contribution in [-0.2, 0) is 18.3 Å². The zero-order chi connectivity index (χ0) is 12.5. The quantitative estimate of drug-likeness (QED) is 0.658. The number of thiophene rings is 1. The standard InChI is InChI=1S/C14H13Br2NS/c15-8-10-1-2-12(7-13(10)16)17-5-3-14-11(9-17)4-6-18-14/h1-2,4,6-7H,3,5,8-9H2. The molecule has 94 valence electrons. The van der Waals surface area contributed by atoms with Gasteiger partial charge in [-0.15, -0.1) is 11.3 Å². The van der Waals surface area contributed by atoms with E-state index in [1.54, 1.807) is 4.88 Å². The van der Waals surface area contributed by atoms with Gasteiger partial charge in [0.2, 0.25) is 0 Å². The molecule has 2 heterocycles. The van der Waals surface area contributed by atoms with Gasteiger partial charge in [0.15, 0.2) is 0 Å². The van der Waals surface area contributed by atoms with Crippen molar-refractivity contribution in [3.63, 3.8) is 0 Å². The van der Waals surface area contributed by atoms with Gasteiger partial charge in [-0.05, 0) is 41.1 Å². The number of hydrogen-bond donors (Lipinski definition) is 0. The first kappa shape index (κ1) is 12.7. The van der Waals surface area contributed by atoms with Gasteiger partial charge in [-0.2, -0.15) is 0 Å². The highest BCUT2D eigenvalue weighted by Crippen LogP contribution is 2.30. The molecule has 1 aromatic carbocycles. The SMILES string of the molecule is BrCc1ccc(N2CCc3sccc3C2)cc1Br. The van der Waals surface area contributed by atoms with Gasteiger partial charge in [0, 0.05) is 33.5 Å². The van der Waals surface area contributed by atoms with E-state index >= 15 is 0 Å². The topological polar surface area (TPSA) is 3.24 Å². The van der Waals surface area contributed by atoms with Crippen LogP contribution in [0.1, 0.15) is 16.0 Å². The molecule has 0 spiro atoms. The van der Waals surface area contributed by atoms with E-state index in [4.69, 9.17) is 0 Å². The van der Waals surface area contributed by atoms with E-state index in [2.05, 4.69) is 66.4 Å². The van der Waals surface area contributed by atoms with Crippen LogP contribution in [0.3, 0.4) is 0 Å². The zero-order valence-corrected chi connectivity index (χ0v) is 13.8.